The predicted molar refractivity (Wildman–Crippen MR) is 63.5 cm³/mol. The highest BCUT2D eigenvalue weighted by atomic mass is 79.9. The molecule has 0 unspecified atom stereocenters. The molecule has 0 aliphatic heterocycles. The highest BCUT2D eigenvalue weighted by molar-refractivity contribution is 9.10. The van der Waals surface area contributed by atoms with Crippen molar-refractivity contribution in [3.63, 3.8) is 0 Å². The first kappa shape index (κ1) is 12.5. The minimum absolute atomic E-state index is 0.404. The standard InChI is InChI=1S/C10H11BrN2O3/c1-6-2-3-7(11)4-8(6)13-10(16)12-5-9(14)15/h2-4H,5H2,1H3,(H,14,15)(H2,12,13,16). The van der Waals surface area contributed by atoms with Gasteiger partial charge < -0.3 is 15.7 Å². The number of carbonyl (C=O) groups is 2. The molecule has 0 aromatic heterocycles. The first-order valence-corrected chi connectivity index (χ1v) is 5.31. The SMILES string of the molecule is Cc1ccc(Br)cc1NC(=O)NCC(=O)O. The van der Waals surface area contributed by atoms with Gasteiger partial charge in [-0.15, -0.1) is 0 Å². The molecule has 0 atom stereocenters. The highest BCUT2D eigenvalue weighted by Gasteiger charge is 2.05. The number of amides is 2. The van der Waals surface area contributed by atoms with Crippen molar-refractivity contribution in [2.45, 2.75) is 6.92 Å². The fourth-order valence-electron chi connectivity index (χ4n) is 1.05. The van der Waals surface area contributed by atoms with Crippen LogP contribution in [-0.4, -0.2) is 23.7 Å². The van der Waals surface area contributed by atoms with Gasteiger partial charge in [0.2, 0.25) is 0 Å². The number of hydrogen-bond donors (Lipinski definition) is 3. The average molecular weight is 287 g/mol. The Labute approximate surface area is 101 Å². The van der Waals surface area contributed by atoms with Crippen molar-refractivity contribution in [2.24, 2.45) is 0 Å². The number of aryl methyl sites for hydroxylation is 1. The molecule has 1 rings (SSSR count). The van der Waals surface area contributed by atoms with E-state index in [2.05, 4.69) is 26.6 Å². The lowest BCUT2D eigenvalue weighted by Crippen LogP contribution is -2.33. The summed E-state index contributed by atoms with van der Waals surface area (Å²) in [6.45, 7) is 1.44. The largest absolute Gasteiger partial charge is 0.480 e. The van der Waals surface area contributed by atoms with Gasteiger partial charge in [0, 0.05) is 10.2 Å². The molecule has 0 saturated carbocycles. The molecular formula is C10H11BrN2O3. The molecule has 0 bridgehead atoms. The van der Waals surface area contributed by atoms with Crippen molar-refractivity contribution in [3.8, 4) is 0 Å². The number of halogens is 1. The van der Waals surface area contributed by atoms with Crippen LogP contribution >= 0.6 is 15.9 Å². The van der Waals surface area contributed by atoms with Gasteiger partial charge in [-0.05, 0) is 24.6 Å². The molecule has 16 heavy (non-hydrogen) atoms. The van der Waals surface area contributed by atoms with Crippen molar-refractivity contribution in [1.82, 2.24) is 5.32 Å². The van der Waals surface area contributed by atoms with Gasteiger partial charge in [-0.3, -0.25) is 4.79 Å². The zero-order chi connectivity index (χ0) is 12.1. The number of benzene rings is 1. The average Bonchev–Trinajstić information content (AvgIpc) is 2.20. The lowest BCUT2D eigenvalue weighted by molar-refractivity contribution is -0.135. The Morgan fingerprint density at radius 1 is 1.44 bits per heavy atom. The summed E-state index contributed by atoms with van der Waals surface area (Å²) in [7, 11) is 0. The lowest BCUT2D eigenvalue weighted by Gasteiger charge is -2.09. The first-order valence-electron chi connectivity index (χ1n) is 4.52. The molecule has 3 N–H and O–H groups in total. The summed E-state index contributed by atoms with van der Waals surface area (Å²) in [5.74, 6) is -1.08. The molecular weight excluding hydrogens is 276 g/mol. The summed E-state index contributed by atoms with van der Waals surface area (Å²) in [4.78, 5) is 21.5. The molecule has 0 spiro atoms. The molecule has 0 saturated heterocycles. The van der Waals surface area contributed by atoms with E-state index in [9.17, 15) is 9.59 Å². The van der Waals surface area contributed by atoms with Crippen molar-refractivity contribution in [3.05, 3.63) is 28.2 Å². The van der Waals surface area contributed by atoms with Gasteiger partial charge in [-0.25, -0.2) is 4.79 Å². The maximum absolute atomic E-state index is 11.3. The fourth-order valence-corrected chi connectivity index (χ4v) is 1.41. The first-order chi connectivity index (χ1) is 7.49. The van der Waals surface area contributed by atoms with Crippen LogP contribution in [0.15, 0.2) is 22.7 Å². The van der Waals surface area contributed by atoms with Gasteiger partial charge in [0.15, 0.2) is 0 Å². The molecule has 0 aliphatic rings. The van der Waals surface area contributed by atoms with E-state index in [1.54, 1.807) is 6.07 Å². The van der Waals surface area contributed by atoms with E-state index in [1.165, 1.54) is 0 Å². The number of urea groups is 1. The van der Waals surface area contributed by atoms with Crippen molar-refractivity contribution >= 4 is 33.6 Å². The second kappa shape index (κ2) is 5.50. The van der Waals surface area contributed by atoms with Gasteiger partial charge in [-0.2, -0.15) is 0 Å². The number of anilines is 1. The molecule has 6 heteroatoms. The predicted octanol–water partition coefficient (Wildman–Crippen LogP) is 1.96. The van der Waals surface area contributed by atoms with E-state index in [4.69, 9.17) is 5.11 Å². The second-order valence-electron chi connectivity index (χ2n) is 3.16. The third kappa shape index (κ3) is 3.90. The summed E-state index contributed by atoms with van der Waals surface area (Å²) in [6.07, 6.45) is 0. The number of aliphatic carboxylic acids is 1. The molecule has 86 valence electrons. The Morgan fingerprint density at radius 3 is 2.75 bits per heavy atom. The maximum atomic E-state index is 11.3. The van der Waals surface area contributed by atoms with Gasteiger partial charge >= 0.3 is 12.0 Å². The number of nitrogens with one attached hydrogen (secondary N) is 2. The summed E-state index contributed by atoms with van der Waals surface area (Å²) in [5, 5.41) is 13.2. The maximum Gasteiger partial charge on any atom is 0.323 e. The van der Waals surface area contributed by atoms with Crippen LogP contribution in [0.3, 0.4) is 0 Å². The van der Waals surface area contributed by atoms with Crippen LogP contribution in [0.25, 0.3) is 0 Å². The van der Waals surface area contributed by atoms with Crippen molar-refractivity contribution < 1.29 is 14.7 Å². The summed E-state index contributed by atoms with van der Waals surface area (Å²) in [5.41, 5.74) is 1.53. The Balaban J connectivity index is 2.62. The zero-order valence-corrected chi connectivity index (χ0v) is 10.2. The Morgan fingerprint density at radius 2 is 2.12 bits per heavy atom. The summed E-state index contributed by atoms with van der Waals surface area (Å²) >= 11 is 3.28. The third-order valence-corrected chi connectivity index (χ3v) is 2.34. The van der Waals surface area contributed by atoms with Gasteiger partial charge in [0.05, 0.1) is 0 Å². The van der Waals surface area contributed by atoms with Crippen LogP contribution in [0.5, 0.6) is 0 Å². The molecule has 5 nitrogen and oxygen atoms in total. The molecule has 1 aromatic carbocycles. The summed E-state index contributed by atoms with van der Waals surface area (Å²) in [6, 6.07) is 4.91. The van der Waals surface area contributed by atoms with Crippen LogP contribution < -0.4 is 10.6 Å². The number of hydrogen-bond acceptors (Lipinski definition) is 2. The Hall–Kier alpha value is -1.56. The number of rotatable bonds is 3. The monoisotopic (exact) mass is 286 g/mol. The van der Waals surface area contributed by atoms with Gasteiger partial charge in [0.25, 0.3) is 0 Å². The minimum Gasteiger partial charge on any atom is -0.480 e. The normalized spacial score (nSPS) is 9.62. The van der Waals surface area contributed by atoms with Crippen LogP contribution in [0.4, 0.5) is 10.5 Å². The molecule has 0 heterocycles. The van der Waals surface area contributed by atoms with Crippen LogP contribution in [-0.2, 0) is 4.79 Å². The van der Waals surface area contributed by atoms with Crippen molar-refractivity contribution in [2.75, 3.05) is 11.9 Å². The number of carboxylic acid groups (broad SMARTS) is 1. The fraction of sp³-hybridized carbons (Fsp3) is 0.200. The van der Waals surface area contributed by atoms with E-state index < -0.39 is 18.5 Å². The van der Waals surface area contributed by atoms with E-state index in [0.29, 0.717) is 5.69 Å². The number of carbonyl (C=O) groups excluding carboxylic acids is 1. The van der Waals surface area contributed by atoms with E-state index in [0.717, 1.165) is 10.0 Å². The zero-order valence-electron chi connectivity index (χ0n) is 8.58. The second-order valence-corrected chi connectivity index (χ2v) is 4.08. The minimum atomic E-state index is -1.08. The lowest BCUT2D eigenvalue weighted by atomic mass is 10.2. The van der Waals surface area contributed by atoms with Gasteiger partial charge in [0.1, 0.15) is 6.54 Å². The van der Waals surface area contributed by atoms with Crippen LogP contribution in [0, 0.1) is 6.92 Å². The van der Waals surface area contributed by atoms with Crippen LogP contribution in [0.2, 0.25) is 0 Å². The van der Waals surface area contributed by atoms with Crippen molar-refractivity contribution in [1.29, 1.82) is 0 Å². The topological polar surface area (TPSA) is 78.4 Å². The van der Waals surface area contributed by atoms with E-state index >= 15 is 0 Å². The molecule has 1 aromatic rings. The molecule has 2 amide bonds. The Bertz CT molecular complexity index is 421. The highest BCUT2D eigenvalue weighted by Crippen LogP contribution is 2.20. The number of carboxylic acids is 1. The molecule has 0 radical (unpaired) electrons. The third-order valence-electron chi connectivity index (χ3n) is 1.85. The van der Waals surface area contributed by atoms with Gasteiger partial charge in [-0.1, -0.05) is 22.0 Å². The quantitative estimate of drug-likeness (QED) is 0.795. The van der Waals surface area contributed by atoms with E-state index in [1.807, 2.05) is 19.1 Å². The Kier molecular flexibility index (Phi) is 4.30. The smallest absolute Gasteiger partial charge is 0.323 e. The van der Waals surface area contributed by atoms with E-state index in [-0.39, 0.29) is 0 Å². The molecule has 0 aliphatic carbocycles. The summed E-state index contributed by atoms with van der Waals surface area (Å²) < 4.78 is 0.839. The van der Waals surface area contributed by atoms with Crippen LogP contribution in [0.1, 0.15) is 5.56 Å². The molecule has 0 fully saturated rings.